The molecule has 0 spiro atoms. The summed E-state index contributed by atoms with van der Waals surface area (Å²) in [6.45, 7) is 8.25. The third kappa shape index (κ3) is 7.60. The lowest BCUT2D eigenvalue weighted by atomic mass is 10.1. The Bertz CT molecular complexity index is 343. The van der Waals surface area contributed by atoms with Crippen LogP contribution in [0.25, 0.3) is 0 Å². The number of benzene rings is 1. The van der Waals surface area contributed by atoms with E-state index >= 15 is 0 Å². The molecular formula is C16H27NO3. The molecule has 0 heterocycles. The summed E-state index contributed by atoms with van der Waals surface area (Å²) in [5, 5.41) is 13.0. The van der Waals surface area contributed by atoms with Crippen LogP contribution >= 0.6 is 0 Å². The lowest BCUT2D eigenvalue weighted by Gasteiger charge is -2.17. The van der Waals surface area contributed by atoms with Crippen LogP contribution in [0.15, 0.2) is 30.3 Å². The number of hydrogen-bond donors (Lipinski definition) is 2. The van der Waals surface area contributed by atoms with Crippen molar-refractivity contribution >= 4 is 0 Å². The fourth-order valence-corrected chi connectivity index (χ4v) is 1.77. The van der Waals surface area contributed by atoms with Crippen LogP contribution in [0.1, 0.15) is 32.4 Å². The molecule has 0 fully saturated rings. The summed E-state index contributed by atoms with van der Waals surface area (Å²) in [4.78, 5) is 0. The van der Waals surface area contributed by atoms with E-state index in [0.29, 0.717) is 19.8 Å². The molecule has 114 valence electrons. The van der Waals surface area contributed by atoms with E-state index in [2.05, 4.69) is 5.32 Å². The second-order valence-corrected chi connectivity index (χ2v) is 5.16. The molecule has 0 bridgehead atoms. The molecule has 1 aromatic carbocycles. The summed E-state index contributed by atoms with van der Waals surface area (Å²) in [5.41, 5.74) is 1.12. The molecule has 20 heavy (non-hydrogen) atoms. The zero-order valence-corrected chi connectivity index (χ0v) is 12.7. The molecule has 2 N–H and O–H groups in total. The maximum Gasteiger partial charge on any atom is 0.0897 e. The van der Waals surface area contributed by atoms with Gasteiger partial charge in [-0.25, -0.2) is 0 Å². The molecular weight excluding hydrogens is 254 g/mol. The van der Waals surface area contributed by atoms with Gasteiger partial charge in [-0.2, -0.15) is 0 Å². The summed E-state index contributed by atoms with van der Waals surface area (Å²) in [6.07, 6.45) is -0.257. The molecule has 0 saturated carbocycles. The molecule has 0 radical (unpaired) electrons. The highest BCUT2D eigenvalue weighted by atomic mass is 16.5. The predicted molar refractivity (Wildman–Crippen MR) is 80.8 cm³/mol. The monoisotopic (exact) mass is 281 g/mol. The highest BCUT2D eigenvalue weighted by Gasteiger charge is 2.09. The molecule has 1 rings (SSSR count). The van der Waals surface area contributed by atoms with Gasteiger partial charge in [-0.05, 0) is 26.3 Å². The molecule has 0 aliphatic rings. The zero-order chi connectivity index (χ0) is 14.8. The Balaban J connectivity index is 2.09. The third-order valence-electron chi connectivity index (χ3n) is 2.92. The predicted octanol–water partition coefficient (Wildman–Crippen LogP) is 2.14. The van der Waals surface area contributed by atoms with E-state index in [4.69, 9.17) is 9.47 Å². The van der Waals surface area contributed by atoms with Gasteiger partial charge in [0.2, 0.25) is 0 Å². The number of ether oxygens (including phenoxy) is 2. The number of aliphatic hydroxyl groups excluding tert-OH is 1. The van der Waals surface area contributed by atoms with Gasteiger partial charge < -0.3 is 19.9 Å². The number of aliphatic hydroxyl groups is 1. The second kappa shape index (κ2) is 9.88. The van der Waals surface area contributed by atoms with Gasteiger partial charge in [-0.3, -0.25) is 0 Å². The lowest BCUT2D eigenvalue weighted by molar-refractivity contribution is -0.00302. The van der Waals surface area contributed by atoms with Gasteiger partial charge in [0.05, 0.1) is 31.5 Å². The van der Waals surface area contributed by atoms with Gasteiger partial charge in [-0.1, -0.05) is 30.3 Å². The Morgan fingerprint density at radius 1 is 1.10 bits per heavy atom. The minimum atomic E-state index is -0.500. The topological polar surface area (TPSA) is 50.7 Å². The highest BCUT2D eigenvalue weighted by molar-refractivity contribution is 5.16. The average molecular weight is 281 g/mol. The van der Waals surface area contributed by atoms with Gasteiger partial charge in [0.15, 0.2) is 0 Å². The molecule has 2 unspecified atom stereocenters. The lowest BCUT2D eigenvalue weighted by Crippen LogP contribution is -2.33. The Kier molecular flexibility index (Phi) is 8.46. The molecule has 0 saturated heterocycles. The highest BCUT2D eigenvalue weighted by Crippen LogP contribution is 2.15. The minimum Gasteiger partial charge on any atom is -0.389 e. The van der Waals surface area contributed by atoms with Gasteiger partial charge in [-0.15, -0.1) is 0 Å². The van der Waals surface area contributed by atoms with Crippen LogP contribution in [0.2, 0.25) is 0 Å². The summed E-state index contributed by atoms with van der Waals surface area (Å²) < 4.78 is 11.1. The second-order valence-electron chi connectivity index (χ2n) is 5.16. The smallest absolute Gasteiger partial charge is 0.0897 e. The van der Waals surface area contributed by atoms with Crippen molar-refractivity contribution < 1.29 is 14.6 Å². The van der Waals surface area contributed by atoms with Crippen molar-refractivity contribution in [3.8, 4) is 0 Å². The van der Waals surface area contributed by atoms with E-state index in [1.54, 1.807) is 0 Å². The fraction of sp³-hybridized carbons (Fsp3) is 0.625. The van der Waals surface area contributed by atoms with Crippen LogP contribution in [-0.4, -0.2) is 43.6 Å². The van der Waals surface area contributed by atoms with E-state index in [0.717, 1.165) is 12.1 Å². The average Bonchev–Trinajstić information content (AvgIpc) is 2.45. The standard InChI is InChI=1S/C16H27NO3/c1-13(2)19-10-9-17-11-16(18)12-20-14(3)15-7-5-4-6-8-15/h4-8,13-14,16-18H,9-12H2,1-3H3. The zero-order valence-electron chi connectivity index (χ0n) is 12.7. The number of hydrogen-bond acceptors (Lipinski definition) is 4. The Morgan fingerprint density at radius 2 is 1.80 bits per heavy atom. The van der Waals surface area contributed by atoms with Crippen LogP contribution in [0, 0.1) is 0 Å². The van der Waals surface area contributed by atoms with Crippen molar-refractivity contribution in [1.82, 2.24) is 5.32 Å². The molecule has 4 heteroatoms. The maximum atomic E-state index is 9.83. The maximum absolute atomic E-state index is 9.83. The number of nitrogens with one attached hydrogen (secondary N) is 1. The van der Waals surface area contributed by atoms with Gasteiger partial charge in [0, 0.05) is 13.1 Å². The van der Waals surface area contributed by atoms with Crippen LogP contribution in [-0.2, 0) is 9.47 Å². The molecule has 0 aromatic heterocycles. The van der Waals surface area contributed by atoms with Crippen LogP contribution < -0.4 is 5.32 Å². The first kappa shape index (κ1) is 17.1. The van der Waals surface area contributed by atoms with Gasteiger partial charge in [0.25, 0.3) is 0 Å². The first-order valence-corrected chi connectivity index (χ1v) is 7.26. The van der Waals surface area contributed by atoms with Crippen molar-refractivity contribution in [2.24, 2.45) is 0 Å². The van der Waals surface area contributed by atoms with Crippen LogP contribution in [0.5, 0.6) is 0 Å². The molecule has 0 aliphatic heterocycles. The number of rotatable bonds is 10. The summed E-state index contributed by atoms with van der Waals surface area (Å²) in [7, 11) is 0. The normalized spacial score (nSPS) is 14.4. The minimum absolute atomic E-state index is 0.00451. The molecule has 0 amide bonds. The van der Waals surface area contributed by atoms with Gasteiger partial charge >= 0.3 is 0 Å². The summed E-state index contributed by atoms with van der Waals surface area (Å²) in [6, 6.07) is 10.0. The van der Waals surface area contributed by atoms with E-state index in [9.17, 15) is 5.11 Å². The first-order chi connectivity index (χ1) is 9.59. The van der Waals surface area contributed by atoms with E-state index < -0.39 is 6.10 Å². The molecule has 0 aliphatic carbocycles. The first-order valence-electron chi connectivity index (χ1n) is 7.26. The van der Waals surface area contributed by atoms with Crippen molar-refractivity contribution in [1.29, 1.82) is 0 Å². The molecule has 2 atom stereocenters. The van der Waals surface area contributed by atoms with Crippen molar-refractivity contribution in [3.05, 3.63) is 35.9 Å². The molecule has 4 nitrogen and oxygen atoms in total. The summed E-state index contributed by atoms with van der Waals surface area (Å²) in [5.74, 6) is 0. The Hall–Kier alpha value is -0.940. The third-order valence-corrected chi connectivity index (χ3v) is 2.92. The Morgan fingerprint density at radius 3 is 2.45 bits per heavy atom. The van der Waals surface area contributed by atoms with Gasteiger partial charge in [0.1, 0.15) is 0 Å². The van der Waals surface area contributed by atoms with Crippen LogP contribution in [0.3, 0.4) is 0 Å². The van der Waals surface area contributed by atoms with E-state index in [1.807, 2.05) is 51.1 Å². The molecule has 1 aromatic rings. The Labute approximate surface area is 122 Å². The largest absolute Gasteiger partial charge is 0.389 e. The summed E-state index contributed by atoms with van der Waals surface area (Å²) >= 11 is 0. The SMILES string of the molecule is CC(C)OCCNCC(O)COC(C)c1ccccc1. The van der Waals surface area contributed by atoms with Crippen molar-refractivity contribution in [3.63, 3.8) is 0 Å². The fourth-order valence-electron chi connectivity index (χ4n) is 1.77. The van der Waals surface area contributed by atoms with E-state index in [-0.39, 0.29) is 12.2 Å². The quantitative estimate of drug-likeness (QED) is 0.645. The van der Waals surface area contributed by atoms with Crippen molar-refractivity contribution in [2.75, 3.05) is 26.3 Å². The van der Waals surface area contributed by atoms with Crippen molar-refractivity contribution in [2.45, 2.75) is 39.1 Å². The van der Waals surface area contributed by atoms with E-state index in [1.165, 1.54) is 0 Å². The van der Waals surface area contributed by atoms with Crippen LogP contribution in [0.4, 0.5) is 0 Å².